The molecule has 0 saturated heterocycles. The van der Waals surface area contributed by atoms with Crippen molar-refractivity contribution < 1.29 is 18.0 Å². The lowest BCUT2D eigenvalue weighted by Gasteiger charge is -2.15. The molecule has 0 fully saturated rings. The number of para-hydroxylation sites is 1. The van der Waals surface area contributed by atoms with Gasteiger partial charge in [0.1, 0.15) is 23.1 Å². The summed E-state index contributed by atoms with van der Waals surface area (Å²) in [4.78, 5) is 26.1. The number of aromatic nitrogens is 1. The number of carbonyl (C=O) groups excluding carboxylic acids is 1. The van der Waals surface area contributed by atoms with Crippen LogP contribution in [0.25, 0.3) is 0 Å². The molecular formula is C19H12ClF3N4O2. The molecule has 6 nitrogen and oxygen atoms in total. The molecule has 5 N–H and O–H groups in total. The normalized spacial score (nSPS) is 10.6. The lowest BCUT2D eigenvalue weighted by Crippen LogP contribution is -2.22. The van der Waals surface area contributed by atoms with E-state index in [4.69, 9.17) is 22.7 Å². The number of anilines is 2. The van der Waals surface area contributed by atoms with Crippen molar-refractivity contribution in [1.29, 1.82) is 5.41 Å². The third-order valence-electron chi connectivity index (χ3n) is 3.98. The summed E-state index contributed by atoms with van der Waals surface area (Å²) in [6.07, 6.45) is 1.07. The minimum atomic E-state index is -0.958. The highest BCUT2D eigenvalue weighted by Crippen LogP contribution is 2.31. The summed E-state index contributed by atoms with van der Waals surface area (Å²) in [7, 11) is 0. The van der Waals surface area contributed by atoms with Crippen LogP contribution in [0.2, 0.25) is 5.02 Å². The van der Waals surface area contributed by atoms with Gasteiger partial charge in [0.05, 0.1) is 22.0 Å². The van der Waals surface area contributed by atoms with E-state index in [0.717, 1.165) is 42.6 Å². The van der Waals surface area contributed by atoms with Crippen LogP contribution >= 0.6 is 11.6 Å². The lowest BCUT2D eigenvalue weighted by molar-refractivity contribution is 0.1000. The molecule has 2 aromatic carbocycles. The third-order valence-corrected chi connectivity index (χ3v) is 4.28. The average molecular weight is 421 g/mol. The highest BCUT2D eigenvalue weighted by Gasteiger charge is 2.21. The maximum atomic E-state index is 14.0. The first-order valence-corrected chi connectivity index (χ1v) is 8.38. The van der Waals surface area contributed by atoms with E-state index in [1.165, 1.54) is 0 Å². The molecule has 0 atom stereocenters. The molecule has 0 saturated carbocycles. The second-order valence-electron chi connectivity index (χ2n) is 5.91. The topological polar surface area (TPSA) is 112 Å². The Labute approximate surface area is 166 Å². The predicted octanol–water partition coefficient (Wildman–Crippen LogP) is 3.70. The fraction of sp³-hybridized carbons (Fsp3) is 0. The van der Waals surface area contributed by atoms with Crippen LogP contribution in [0.4, 0.5) is 24.5 Å². The van der Waals surface area contributed by atoms with Gasteiger partial charge in [-0.25, -0.2) is 13.2 Å². The molecule has 1 heterocycles. The average Bonchev–Trinajstić information content (AvgIpc) is 2.66. The zero-order chi connectivity index (χ0) is 21.3. The number of amides is 1. The first kappa shape index (κ1) is 20.2. The summed E-state index contributed by atoms with van der Waals surface area (Å²) in [6.45, 7) is 0. The Kier molecular flexibility index (Phi) is 5.42. The SMILES string of the molecule is N=C(c1cc(F)cc(C(N)=O)c1)c1c(Nc2c(F)cccc2F)c(Cl)c[nH]c1=O. The smallest absolute Gasteiger partial charge is 0.259 e. The Hall–Kier alpha value is -3.59. The number of carbonyl (C=O) groups is 1. The number of nitrogens with two attached hydrogens (primary N) is 1. The standard InChI is InChI=1S/C19H12ClF3N4O2/c20-11-7-26-19(29)14(16(11)27-17-12(22)2-1-3-13(17)23)15(24)8-4-9(18(25)28)6-10(21)5-8/h1-7,24H,(H2,25,28)(H2,26,27,29). The van der Waals surface area contributed by atoms with Gasteiger partial charge in [-0.05, 0) is 30.3 Å². The van der Waals surface area contributed by atoms with Gasteiger partial charge >= 0.3 is 0 Å². The quantitative estimate of drug-likeness (QED) is 0.472. The molecule has 10 heteroatoms. The van der Waals surface area contributed by atoms with Crippen molar-refractivity contribution in [1.82, 2.24) is 4.98 Å². The molecule has 0 spiro atoms. The predicted molar refractivity (Wildman–Crippen MR) is 103 cm³/mol. The van der Waals surface area contributed by atoms with E-state index >= 15 is 0 Å². The number of primary amides is 1. The second-order valence-corrected chi connectivity index (χ2v) is 6.31. The Morgan fingerprint density at radius 2 is 1.69 bits per heavy atom. The molecule has 29 heavy (non-hydrogen) atoms. The first-order valence-electron chi connectivity index (χ1n) is 8.01. The van der Waals surface area contributed by atoms with Gasteiger partial charge in [-0.1, -0.05) is 17.7 Å². The largest absolute Gasteiger partial charge is 0.366 e. The van der Waals surface area contributed by atoms with Crippen LogP contribution in [0.5, 0.6) is 0 Å². The van der Waals surface area contributed by atoms with E-state index in [0.29, 0.717) is 0 Å². The summed E-state index contributed by atoms with van der Waals surface area (Å²) in [6, 6.07) is 6.02. The molecule has 3 rings (SSSR count). The number of halogens is 4. The Morgan fingerprint density at radius 1 is 1.07 bits per heavy atom. The van der Waals surface area contributed by atoms with E-state index in [1.54, 1.807) is 0 Å². The summed E-state index contributed by atoms with van der Waals surface area (Å²) >= 11 is 6.08. The van der Waals surface area contributed by atoms with Gasteiger partial charge < -0.3 is 16.0 Å². The van der Waals surface area contributed by atoms with Crippen molar-refractivity contribution in [3.8, 4) is 0 Å². The molecule has 148 valence electrons. The number of hydrogen-bond donors (Lipinski definition) is 4. The molecule has 1 amide bonds. The number of pyridine rings is 1. The van der Waals surface area contributed by atoms with Crippen molar-refractivity contribution in [2.24, 2.45) is 5.73 Å². The third kappa shape index (κ3) is 3.99. The monoisotopic (exact) mass is 420 g/mol. The molecule has 1 aromatic heterocycles. The van der Waals surface area contributed by atoms with Crippen LogP contribution < -0.4 is 16.6 Å². The van der Waals surface area contributed by atoms with Crippen molar-refractivity contribution >= 4 is 34.6 Å². The second kappa shape index (κ2) is 7.80. The Bertz CT molecular complexity index is 1190. The number of aromatic amines is 1. The van der Waals surface area contributed by atoms with E-state index < -0.39 is 45.9 Å². The number of rotatable bonds is 5. The molecule has 0 aliphatic rings. The van der Waals surface area contributed by atoms with Gasteiger partial charge in [-0.3, -0.25) is 15.0 Å². The summed E-state index contributed by atoms with van der Waals surface area (Å²) in [5, 5.41) is 10.6. The van der Waals surface area contributed by atoms with Crippen LogP contribution in [0, 0.1) is 22.9 Å². The van der Waals surface area contributed by atoms with Crippen molar-refractivity contribution in [3.63, 3.8) is 0 Å². The van der Waals surface area contributed by atoms with Crippen molar-refractivity contribution in [2.75, 3.05) is 5.32 Å². The van der Waals surface area contributed by atoms with Gasteiger partial charge in [0.15, 0.2) is 0 Å². The Balaban J connectivity index is 2.18. The van der Waals surface area contributed by atoms with Crippen molar-refractivity contribution in [3.05, 3.63) is 92.1 Å². The summed E-state index contributed by atoms with van der Waals surface area (Å²) in [5.74, 6) is -3.72. The van der Waals surface area contributed by atoms with E-state index in [9.17, 15) is 22.8 Å². The number of H-pyrrole nitrogens is 1. The summed E-state index contributed by atoms with van der Waals surface area (Å²) < 4.78 is 41.9. The van der Waals surface area contributed by atoms with Gasteiger partial charge in [0, 0.05) is 17.3 Å². The molecule has 0 unspecified atom stereocenters. The maximum Gasteiger partial charge on any atom is 0.259 e. The van der Waals surface area contributed by atoms with Crippen LogP contribution in [-0.4, -0.2) is 16.6 Å². The van der Waals surface area contributed by atoms with Crippen LogP contribution in [-0.2, 0) is 0 Å². The fourth-order valence-electron chi connectivity index (χ4n) is 2.63. The molecule has 0 aliphatic carbocycles. The molecule has 0 bridgehead atoms. The van der Waals surface area contributed by atoms with Gasteiger partial charge in [0.25, 0.3) is 5.56 Å². The lowest BCUT2D eigenvalue weighted by atomic mass is 9.99. The minimum absolute atomic E-state index is 0.154. The van der Waals surface area contributed by atoms with Gasteiger partial charge in [-0.15, -0.1) is 0 Å². The number of nitrogens with one attached hydrogen (secondary N) is 3. The zero-order valence-corrected chi connectivity index (χ0v) is 15.2. The molecule has 3 aromatic rings. The highest BCUT2D eigenvalue weighted by atomic mass is 35.5. The Morgan fingerprint density at radius 3 is 2.31 bits per heavy atom. The van der Waals surface area contributed by atoms with Crippen LogP contribution in [0.15, 0.2) is 47.4 Å². The molecular weight excluding hydrogens is 409 g/mol. The van der Waals surface area contributed by atoms with Gasteiger partial charge in [0.2, 0.25) is 5.91 Å². The van der Waals surface area contributed by atoms with Crippen LogP contribution in [0.1, 0.15) is 21.5 Å². The molecule has 0 radical (unpaired) electrons. The number of benzene rings is 2. The fourth-order valence-corrected chi connectivity index (χ4v) is 2.83. The maximum absolute atomic E-state index is 14.0. The van der Waals surface area contributed by atoms with Crippen molar-refractivity contribution in [2.45, 2.75) is 0 Å². The van der Waals surface area contributed by atoms with E-state index in [2.05, 4.69) is 10.3 Å². The van der Waals surface area contributed by atoms with Crippen LogP contribution in [0.3, 0.4) is 0 Å². The summed E-state index contributed by atoms with van der Waals surface area (Å²) in [5.41, 5.74) is 2.11. The number of hydrogen-bond acceptors (Lipinski definition) is 4. The van der Waals surface area contributed by atoms with E-state index in [1.807, 2.05) is 0 Å². The van der Waals surface area contributed by atoms with E-state index in [-0.39, 0.29) is 21.8 Å². The minimum Gasteiger partial charge on any atom is -0.366 e. The zero-order valence-electron chi connectivity index (χ0n) is 14.4. The molecule has 0 aliphatic heterocycles. The highest BCUT2D eigenvalue weighted by molar-refractivity contribution is 6.34. The first-order chi connectivity index (χ1) is 13.7. The van der Waals surface area contributed by atoms with Gasteiger partial charge in [-0.2, -0.15) is 0 Å².